The fraction of sp³-hybridized carbons (Fsp3) is 0.321. The Balaban J connectivity index is 1.30. The van der Waals surface area contributed by atoms with E-state index in [2.05, 4.69) is 27.3 Å². The maximum absolute atomic E-state index is 12.4. The molecule has 186 valence electrons. The van der Waals surface area contributed by atoms with E-state index in [0.29, 0.717) is 13.1 Å². The third-order valence-corrected chi connectivity index (χ3v) is 6.68. The van der Waals surface area contributed by atoms with Crippen molar-refractivity contribution in [3.8, 4) is 11.1 Å². The van der Waals surface area contributed by atoms with E-state index in [1.165, 1.54) is 0 Å². The summed E-state index contributed by atoms with van der Waals surface area (Å²) < 4.78 is 7.53. The molecule has 0 spiro atoms. The lowest BCUT2D eigenvalue weighted by Gasteiger charge is -2.33. The summed E-state index contributed by atoms with van der Waals surface area (Å²) in [5, 5.41) is 6.39. The molecule has 0 atom stereocenters. The molecule has 5 rings (SSSR count). The molecule has 4 aromatic rings. The van der Waals surface area contributed by atoms with E-state index in [4.69, 9.17) is 16.3 Å². The summed E-state index contributed by atoms with van der Waals surface area (Å²) in [6, 6.07) is 10.2. The van der Waals surface area contributed by atoms with Gasteiger partial charge in [-0.25, -0.2) is 9.78 Å². The first-order valence-corrected chi connectivity index (χ1v) is 12.6. The Morgan fingerprint density at radius 1 is 1.11 bits per heavy atom. The number of piperidine rings is 1. The molecule has 0 aliphatic carbocycles. The fourth-order valence-corrected chi connectivity index (χ4v) is 4.63. The molecule has 4 heterocycles. The van der Waals surface area contributed by atoms with Gasteiger partial charge in [0.15, 0.2) is 0 Å². The van der Waals surface area contributed by atoms with E-state index >= 15 is 0 Å². The summed E-state index contributed by atoms with van der Waals surface area (Å²) in [7, 11) is 0. The molecular weight excluding hydrogens is 474 g/mol. The summed E-state index contributed by atoms with van der Waals surface area (Å²) in [6.45, 7) is 6.99. The number of amides is 1. The molecule has 8 heteroatoms. The summed E-state index contributed by atoms with van der Waals surface area (Å²) >= 11 is 6.30. The number of fused-ring (bicyclic) bond motifs is 1. The minimum atomic E-state index is -0.482. The maximum Gasteiger partial charge on any atom is 0.410 e. The highest BCUT2D eigenvalue weighted by atomic mass is 35.5. The van der Waals surface area contributed by atoms with E-state index in [-0.39, 0.29) is 12.1 Å². The number of aromatic amines is 1. The standard InChI is InChI=1S/C28H30ClN5O2/c1-28(2,3)36-27(35)33-12-10-23(11-13-33)34-18-22(17-32-34)21-14-24-20(15-30-26(24)31-16-21)9-8-19-6-4-5-7-25(19)29/h4-9,14-18,23H,10-13H2,1-3H3,(H,30,31). The van der Waals surface area contributed by atoms with Crippen LogP contribution in [0, 0.1) is 0 Å². The Morgan fingerprint density at radius 3 is 2.61 bits per heavy atom. The van der Waals surface area contributed by atoms with Crippen molar-refractivity contribution < 1.29 is 9.53 Å². The van der Waals surface area contributed by atoms with Crippen molar-refractivity contribution in [2.75, 3.05) is 13.1 Å². The van der Waals surface area contributed by atoms with Crippen LogP contribution in [0.4, 0.5) is 4.79 Å². The highest BCUT2D eigenvalue weighted by molar-refractivity contribution is 6.32. The number of benzene rings is 1. The van der Waals surface area contributed by atoms with E-state index < -0.39 is 5.60 Å². The zero-order valence-corrected chi connectivity index (χ0v) is 21.5. The van der Waals surface area contributed by atoms with Crippen molar-refractivity contribution in [1.29, 1.82) is 0 Å². The second kappa shape index (κ2) is 9.82. The van der Waals surface area contributed by atoms with Gasteiger partial charge in [0.2, 0.25) is 0 Å². The highest BCUT2D eigenvalue weighted by Crippen LogP contribution is 2.29. The van der Waals surface area contributed by atoms with Crippen molar-refractivity contribution in [2.45, 2.75) is 45.3 Å². The van der Waals surface area contributed by atoms with Crippen LogP contribution >= 0.6 is 11.6 Å². The van der Waals surface area contributed by atoms with Gasteiger partial charge in [0.25, 0.3) is 0 Å². The minimum Gasteiger partial charge on any atom is -0.444 e. The summed E-state index contributed by atoms with van der Waals surface area (Å²) in [5.74, 6) is 0. The second-order valence-corrected chi connectivity index (χ2v) is 10.5. The van der Waals surface area contributed by atoms with Gasteiger partial charge in [0.05, 0.1) is 12.2 Å². The van der Waals surface area contributed by atoms with Crippen molar-refractivity contribution in [2.24, 2.45) is 0 Å². The third kappa shape index (κ3) is 5.31. The number of H-pyrrole nitrogens is 1. The zero-order chi connectivity index (χ0) is 25.3. The number of nitrogens with one attached hydrogen (secondary N) is 1. The van der Waals surface area contributed by atoms with Crippen molar-refractivity contribution >= 4 is 40.9 Å². The van der Waals surface area contributed by atoms with Gasteiger partial charge in [-0.3, -0.25) is 4.68 Å². The summed E-state index contributed by atoms with van der Waals surface area (Å²) in [5.41, 5.74) is 4.38. The fourth-order valence-electron chi connectivity index (χ4n) is 4.44. The minimum absolute atomic E-state index is 0.243. The van der Waals surface area contributed by atoms with Crippen LogP contribution < -0.4 is 0 Å². The number of halogens is 1. The van der Waals surface area contributed by atoms with E-state index in [1.807, 2.05) is 80.5 Å². The molecule has 1 aliphatic heterocycles. The van der Waals surface area contributed by atoms with Crippen molar-refractivity contribution in [3.05, 3.63) is 71.3 Å². The number of hydrogen-bond acceptors (Lipinski definition) is 4. The Labute approximate surface area is 215 Å². The smallest absolute Gasteiger partial charge is 0.410 e. The van der Waals surface area contributed by atoms with Crippen molar-refractivity contribution in [3.63, 3.8) is 0 Å². The lowest BCUT2D eigenvalue weighted by molar-refractivity contribution is 0.0185. The van der Waals surface area contributed by atoms with E-state index in [0.717, 1.165) is 51.2 Å². The molecule has 36 heavy (non-hydrogen) atoms. The molecule has 1 N–H and O–H groups in total. The first-order valence-electron chi connectivity index (χ1n) is 12.2. The number of carbonyl (C=O) groups excluding carboxylic acids is 1. The lowest BCUT2D eigenvalue weighted by atomic mass is 10.1. The Hall–Kier alpha value is -3.58. The summed E-state index contributed by atoms with van der Waals surface area (Å²) in [6.07, 6.45) is 13.3. The van der Waals surface area contributed by atoms with Crippen LogP contribution in [0.5, 0.6) is 0 Å². The maximum atomic E-state index is 12.4. The van der Waals surface area contributed by atoms with Crippen LogP contribution in [0.2, 0.25) is 5.02 Å². The van der Waals surface area contributed by atoms with E-state index in [1.54, 1.807) is 4.90 Å². The predicted octanol–water partition coefficient (Wildman–Crippen LogP) is 6.82. The van der Waals surface area contributed by atoms with Gasteiger partial charge >= 0.3 is 6.09 Å². The molecule has 1 fully saturated rings. The van der Waals surface area contributed by atoms with Gasteiger partial charge in [-0.05, 0) is 51.3 Å². The Kier molecular flexibility index (Phi) is 6.58. The molecule has 1 saturated heterocycles. The van der Waals surface area contributed by atoms with Gasteiger partial charge in [-0.1, -0.05) is 42.0 Å². The van der Waals surface area contributed by atoms with Gasteiger partial charge in [0, 0.05) is 58.8 Å². The zero-order valence-electron chi connectivity index (χ0n) is 20.7. The average Bonchev–Trinajstić information content (AvgIpc) is 3.50. The molecule has 0 saturated carbocycles. The molecule has 1 aromatic carbocycles. The molecule has 7 nitrogen and oxygen atoms in total. The number of carbonyl (C=O) groups is 1. The Morgan fingerprint density at radius 2 is 1.86 bits per heavy atom. The molecule has 1 aliphatic rings. The molecular formula is C28H30ClN5O2. The average molecular weight is 504 g/mol. The highest BCUT2D eigenvalue weighted by Gasteiger charge is 2.28. The lowest BCUT2D eigenvalue weighted by Crippen LogP contribution is -2.42. The number of likely N-dealkylation sites (tertiary alicyclic amines) is 1. The topological polar surface area (TPSA) is 76.0 Å². The third-order valence-electron chi connectivity index (χ3n) is 6.34. The van der Waals surface area contributed by atoms with Crippen molar-refractivity contribution in [1.82, 2.24) is 24.6 Å². The monoisotopic (exact) mass is 503 g/mol. The van der Waals surface area contributed by atoms with Crippen LogP contribution in [0.25, 0.3) is 34.3 Å². The molecule has 0 unspecified atom stereocenters. The number of pyridine rings is 1. The Bertz CT molecular complexity index is 1410. The number of hydrogen-bond donors (Lipinski definition) is 1. The van der Waals surface area contributed by atoms with Gasteiger partial charge < -0.3 is 14.6 Å². The SMILES string of the molecule is CC(C)(C)OC(=O)N1CCC(n2cc(-c3cnc4[nH]cc(C=Cc5ccccc5Cl)c4c3)cn2)CC1. The predicted molar refractivity (Wildman–Crippen MR) is 144 cm³/mol. The van der Waals surface area contributed by atoms with Crippen LogP contribution in [0.3, 0.4) is 0 Å². The van der Waals surface area contributed by atoms with Gasteiger partial charge in [0.1, 0.15) is 11.2 Å². The van der Waals surface area contributed by atoms with Gasteiger partial charge in [-0.15, -0.1) is 0 Å². The summed E-state index contributed by atoms with van der Waals surface area (Å²) in [4.78, 5) is 22.0. The van der Waals surface area contributed by atoms with Gasteiger partial charge in [-0.2, -0.15) is 5.10 Å². The quantitative estimate of drug-likeness (QED) is 0.331. The van der Waals surface area contributed by atoms with E-state index in [9.17, 15) is 4.79 Å². The van der Waals surface area contributed by atoms with Crippen LogP contribution in [-0.4, -0.2) is 49.4 Å². The van der Waals surface area contributed by atoms with Crippen LogP contribution in [0.15, 0.2) is 55.1 Å². The molecule has 3 aromatic heterocycles. The van der Waals surface area contributed by atoms with Crippen LogP contribution in [-0.2, 0) is 4.74 Å². The molecule has 0 bridgehead atoms. The van der Waals surface area contributed by atoms with Crippen LogP contribution in [0.1, 0.15) is 50.8 Å². The first kappa shape index (κ1) is 24.1. The first-order chi connectivity index (χ1) is 17.3. The largest absolute Gasteiger partial charge is 0.444 e. The molecule has 0 radical (unpaired) electrons. The molecule has 1 amide bonds. The number of aromatic nitrogens is 4. The second-order valence-electron chi connectivity index (χ2n) is 10.1. The number of rotatable bonds is 4. The normalized spacial score (nSPS) is 15.2. The number of nitrogens with zero attached hydrogens (tertiary/aromatic N) is 4. The number of ether oxygens (including phenoxy) is 1.